The Morgan fingerprint density at radius 1 is 1.43 bits per heavy atom. The highest BCUT2D eigenvalue weighted by Crippen LogP contribution is 2.10. The van der Waals surface area contributed by atoms with Gasteiger partial charge in [-0.3, -0.25) is 0 Å². The van der Waals surface area contributed by atoms with E-state index in [1.165, 1.54) is 12.4 Å². The van der Waals surface area contributed by atoms with Crippen LogP contribution in [0.15, 0.2) is 17.4 Å². The van der Waals surface area contributed by atoms with E-state index in [4.69, 9.17) is 16.9 Å². The highest BCUT2D eigenvalue weighted by atomic mass is 35.5. The van der Waals surface area contributed by atoms with Crippen LogP contribution in [0.3, 0.4) is 0 Å². The first kappa shape index (κ1) is 10.9. The van der Waals surface area contributed by atoms with E-state index in [1.807, 2.05) is 0 Å². The quantitative estimate of drug-likeness (QED) is 0.702. The minimum Gasteiger partial charge on any atom is -0.241 e. The molecule has 0 N–H and O–H groups in total. The molecule has 0 saturated carbocycles. The molecule has 14 heavy (non-hydrogen) atoms. The zero-order valence-electron chi connectivity index (χ0n) is 7.01. The number of sulfone groups is 1. The van der Waals surface area contributed by atoms with Gasteiger partial charge in [0.15, 0.2) is 20.6 Å². The van der Waals surface area contributed by atoms with Gasteiger partial charge in [0.05, 0.1) is 5.75 Å². The van der Waals surface area contributed by atoms with Crippen LogP contribution in [0.25, 0.3) is 0 Å². The van der Waals surface area contributed by atoms with E-state index < -0.39 is 9.84 Å². The summed E-state index contributed by atoms with van der Waals surface area (Å²) in [5, 5.41) is 8.30. The van der Waals surface area contributed by atoms with Crippen molar-refractivity contribution >= 4 is 21.4 Å². The maximum Gasteiger partial charge on any atom is 0.199 e. The van der Waals surface area contributed by atoms with Crippen LogP contribution in [-0.2, 0) is 9.84 Å². The highest BCUT2D eigenvalue weighted by Gasteiger charge is 2.20. The first-order chi connectivity index (χ1) is 6.61. The van der Waals surface area contributed by atoms with E-state index in [-0.39, 0.29) is 22.4 Å². The van der Waals surface area contributed by atoms with Crippen molar-refractivity contribution in [2.45, 2.75) is 5.03 Å². The molecule has 5 nitrogen and oxygen atoms in total. The molecule has 1 rings (SSSR count). The predicted octanol–water partition coefficient (Wildman–Crippen LogP) is 0.361. The topological polar surface area (TPSA) is 83.7 Å². The Morgan fingerprint density at radius 2 is 2.07 bits per heavy atom. The van der Waals surface area contributed by atoms with Crippen molar-refractivity contribution < 1.29 is 8.42 Å². The molecule has 0 aliphatic carbocycles. The Morgan fingerprint density at radius 3 is 2.64 bits per heavy atom. The smallest absolute Gasteiger partial charge is 0.199 e. The minimum atomic E-state index is -3.58. The second kappa shape index (κ2) is 4.35. The summed E-state index contributed by atoms with van der Waals surface area (Å²) in [7, 11) is -3.58. The summed E-state index contributed by atoms with van der Waals surface area (Å²) in [6.07, 6.45) is 2.49. The van der Waals surface area contributed by atoms with Gasteiger partial charge in [-0.05, 0) is 0 Å². The van der Waals surface area contributed by atoms with E-state index in [1.54, 1.807) is 6.07 Å². The number of nitriles is 1. The summed E-state index contributed by atoms with van der Waals surface area (Å²) in [5.41, 5.74) is -0.197. The van der Waals surface area contributed by atoms with Crippen molar-refractivity contribution in [1.29, 1.82) is 5.26 Å². The summed E-state index contributed by atoms with van der Waals surface area (Å²) < 4.78 is 22.9. The molecule has 0 amide bonds. The van der Waals surface area contributed by atoms with Gasteiger partial charge in [-0.25, -0.2) is 18.4 Å². The monoisotopic (exact) mass is 231 g/mol. The van der Waals surface area contributed by atoms with Crippen LogP contribution < -0.4 is 0 Å². The summed E-state index contributed by atoms with van der Waals surface area (Å²) in [4.78, 5) is 7.21. The van der Waals surface area contributed by atoms with Gasteiger partial charge in [0, 0.05) is 18.3 Å². The summed E-state index contributed by atoms with van der Waals surface area (Å²) >= 11 is 5.32. The number of aromatic nitrogens is 2. The van der Waals surface area contributed by atoms with Crippen LogP contribution in [0.2, 0.25) is 0 Å². The van der Waals surface area contributed by atoms with Gasteiger partial charge in [0.25, 0.3) is 0 Å². The first-order valence-corrected chi connectivity index (χ1v) is 5.80. The van der Waals surface area contributed by atoms with E-state index >= 15 is 0 Å². The largest absolute Gasteiger partial charge is 0.241 e. The molecule has 0 atom stereocenters. The van der Waals surface area contributed by atoms with Gasteiger partial charge in [-0.15, -0.1) is 11.6 Å². The average Bonchev–Trinajstić information content (AvgIpc) is 2.18. The van der Waals surface area contributed by atoms with Crippen molar-refractivity contribution in [2.24, 2.45) is 0 Å². The molecule has 0 spiro atoms. The Bertz CT molecular complexity index is 466. The molecule has 0 aliphatic heterocycles. The number of hydrogen-bond donors (Lipinski definition) is 0. The van der Waals surface area contributed by atoms with Gasteiger partial charge in [0.1, 0.15) is 6.07 Å². The van der Waals surface area contributed by atoms with E-state index in [9.17, 15) is 8.42 Å². The van der Waals surface area contributed by atoms with Gasteiger partial charge >= 0.3 is 0 Å². The fraction of sp³-hybridized carbons (Fsp3) is 0.286. The normalized spacial score (nSPS) is 10.9. The molecule has 0 bridgehead atoms. The molecule has 0 saturated heterocycles. The van der Waals surface area contributed by atoms with E-state index in [2.05, 4.69) is 9.97 Å². The molecule has 1 heterocycles. The van der Waals surface area contributed by atoms with Crippen LogP contribution in [0.5, 0.6) is 0 Å². The van der Waals surface area contributed by atoms with Crippen LogP contribution in [0.4, 0.5) is 0 Å². The summed E-state index contributed by atoms with van der Waals surface area (Å²) in [6.45, 7) is 0. The lowest BCUT2D eigenvalue weighted by Crippen LogP contribution is -2.12. The maximum absolute atomic E-state index is 11.5. The number of hydrogen-bond acceptors (Lipinski definition) is 5. The fourth-order valence-electron chi connectivity index (χ4n) is 0.828. The standard InChI is InChI=1S/C7H6ClN3O2S/c8-1-4-14(12,13)7-6(5-9)10-2-3-11-7/h2-3H,1,4H2. The van der Waals surface area contributed by atoms with Gasteiger partial charge < -0.3 is 0 Å². The Balaban J connectivity index is 3.27. The Kier molecular flexibility index (Phi) is 3.38. The molecule has 0 unspecified atom stereocenters. The van der Waals surface area contributed by atoms with E-state index in [0.717, 1.165) is 0 Å². The lowest BCUT2D eigenvalue weighted by molar-refractivity contribution is 0.592. The van der Waals surface area contributed by atoms with Crippen molar-refractivity contribution in [3.63, 3.8) is 0 Å². The van der Waals surface area contributed by atoms with Crippen LogP contribution in [-0.4, -0.2) is 30.0 Å². The molecular weight excluding hydrogens is 226 g/mol. The molecule has 1 aromatic rings. The zero-order chi connectivity index (χ0) is 10.6. The highest BCUT2D eigenvalue weighted by molar-refractivity contribution is 7.91. The van der Waals surface area contributed by atoms with Crippen molar-refractivity contribution in [3.8, 4) is 6.07 Å². The molecule has 0 radical (unpaired) electrons. The molecule has 1 aromatic heterocycles. The van der Waals surface area contributed by atoms with Gasteiger partial charge in [-0.2, -0.15) is 5.26 Å². The molecule has 74 valence electrons. The third-order valence-electron chi connectivity index (χ3n) is 1.41. The number of rotatable bonds is 3. The third-order valence-corrected chi connectivity index (χ3v) is 3.45. The van der Waals surface area contributed by atoms with Crippen molar-refractivity contribution in [3.05, 3.63) is 18.1 Å². The maximum atomic E-state index is 11.5. The van der Waals surface area contributed by atoms with Crippen LogP contribution in [0, 0.1) is 11.3 Å². The molecule has 0 aromatic carbocycles. The second-order valence-corrected chi connectivity index (χ2v) is 4.73. The summed E-state index contributed by atoms with van der Waals surface area (Å²) in [5.74, 6) is -0.286. The van der Waals surface area contributed by atoms with Crippen molar-refractivity contribution in [2.75, 3.05) is 11.6 Å². The molecule has 7 heteroatoms. The average molecular weight is 232 g/mol. The molecular formula is C7H6ClN3O2S. The number of halogens is 1. The molecule has 0 fully saturated rings. The van der Waals surface area contributed by atoms with Gasteiger partial charge in [-0.1, -0.05) is 0 Å². The number of nitrogens with zero attached hydrogens (tertiary/aromatic N) is 3. The Labute approximate surface area is 86.3 Å². The lowest BCUT2D eigenvalue weighted by atomic mass is 10.5. The fourth-order valence-corrected chi connectivity index (χ4v) is 2.45. The third kappa shape index (κ3) is 2.19. The van der Waals surface area contributed by atoms with Crippen LogP contribution in [0.1, 0.15) is 5.69 Å². The van der Waals surface area contributed by atoms with Gasteiger partial charge in [0.2, 0.25) is 0 Å². The predicted molar refractivity (Wildman–Crippen MR) is 49.5 cm³/mol. The number of alkyl halides is 1. The Hall–Kier alpha value is -1.19. The first-order valence-electron chi connectivity index (χ1n) is 3.61. The molecule has 0 aliphatic rings. The minimum absolute atomic E-state index is 0.0379. The zero-order valence-corrected chi connectivity index (χ0v) is 8.59. The second-order valence-electron chi connectivity index (χ2n) is 2.33. The summed E-state index contributed by atoms with van der Waals surface area (Å²) in [6, 6.07) is 1.66. The van der Waals surface area contributed by atoms with Crippen molar-refractivity contribution in [1.82, 2.24) is 9.97 Å². The lowest BCUT2D eigenvalue weighted by Gasteiger charge is -2.00. The van der Waals surface area contributed by atoms with Crippen LogP contribution >= 0.6 is 11.6 Å². The van der Waals surface area contributed by atoms with E-state index in [0.29, 0.717) is 0 Å². The SMILES string of the molecule is N#Cc1nccnc1S(=O)(=O)CCCl.